The summed E-state index contributed by atoms with van der Waals surface area (Å²) in [6.45, 7) is 4.50. The van der Waals surface area contributed by atoms with Crippen molar-refractivity contribution in [3.05, 3.63) is 29.8 Å². The third kappa shape index (κ3) is 5.22. The molecule has 0 spiro atoms. The molecule has 5 nitrogen and oxygen atoms in total. The molecular formula is C18H28N2O3. The van der Waals surface area contributed by atoms with E-state index in [1.165, 1.54) is 0 Å². The highest BCUT2D eigenvalue weighted by molar-refractivity contribution is 5.95. The fourth-order valence-corrected chi connectivity index (χ4v) is 2.89. The second-order valence-electron chi connectivity index (χ2n) is 6.33. The molecule has 1 aromatic rings. The zero-order chi connectivity index (χ0) is 16.7. The lowest BCUT2D eigenvalue weighted by atomic mass is 9.97. The molecule has 0 aromatic heterocycles. The smallest absolute Gasteiger partial charge is 0.253 e. The first kappa shape index (κ1) is 17.8. The lowest BCUT2D eigenvalue weighted by Crippen LogP contribution is -2.39. The van der Waals surface area contributed by atoms with Gasteiger partial charge in [0, 0.05) is 50.7 Å². The largest absolute Gasteiger partial charge is 0.396 e. The number of aliphatic hydroxyl groups is 1. The van der Waals surface area contributed by atoms with Crippen molar-refractivity contribution in [2.45, 2.75) is 32.2 Å². The lowest BCUT2D eigenvalue weighted by molar-refractivity contribution is 0.0651. The number of carbonyl (C=O) groups excluding carboxylic acids is 1. The van der Waals surface area contributed by atoms with E-state index in [1.807, 2.05) is 29.2 Å². The van der Waals surface area contributed by atoms with Crippen LogP contribution in [0.25, 0.3) is 0 Å². The molecule has 1 aliphatic rings. The van der Waals surface area contributed by atoms with E-state index < -0.39 is 0 Å². The van der Waals surface area contributed by atoms with Gasteiger partial charge in [-0.25, -0.2) is 0 Å². The van der Waals surface area contributed by atoms with Crippen molar-refractivity contribution in [3.63, 3.8) is 0 Å². The van der Waals surface area contributed by atoms with Crippen molar-refractivity contribution in [2.75, 3.05) is 38.7 Å². The molecule has 0 aliphatic carbocycles. The number of anilines is 1. The van der Waals surface area contributed by atoms with E-state index in [2.05, 4.69) is 12.2 Å². The molecule has 2 rings (SSSR count). The first-order valence-electron chi connectivity index (χ1n) is 8.39. The number of nitrogens with one attached hydrogen (secondary N) is 1. The number of carbonyl (C=O) groups is 1. The van der Waals surface area contributed by atoms with Gasteiger partial charge < -0.3 is 20.1 Å². The molecule has 1 aromatic carbocycles. The molecule has 128 valence electrons. The molecule has 23 heavy (non-hydrogen) atoms. The molecule has 1 aliphatic heterocycles. The average molecular weight is 320 g/mol. The third-order valence-electron chi connectivity index (χ3n) is 4.44. The van der Waals surface area contributed by atoms with Crippen LogP contribution in [0.4, 0.5) is 5.69 Å². The average Bonchev–Trinajstić information content (AvgIpc) is 2.59. The Morgan fingerprint density at radius 2 is 2.17 bits per heavy atom. The lowest BCUT2D eigenvalue weighted by Gasteiger charge is -2.31. The number of benzene rings is 1. The molecule has 5 heteroatoms. The van der Waals surface area contributed by atoms with Crippen molar-refractivity contribution < 1.29 is 14.6 Å². The van der Waals surface area contributed by atoms with Gasteiger partial charge in [-0.1, -0.05) is 6.07 Å². The first-order chi connectivity index (χ1) is 11.1. The quantitative estimate of drug-likeness (QED) is 0.810. The molecule has 1 atom stereocenters. The van der Waals surface area contributed by atoms with Crippen molar-refractivity contribution >= 4 is 11.6 Å². The van der Waals surface area contributed by atoms with Gasteiger partial charge in [0.2, 0.25) is 0 Å². The van der Waals surface area contributed by atoms with Crippen LogP contribution in [0.2, 0.25) is 0 Å². The van der Waals surface area contributed by atoms with E-state index in [0.29, 0.717) is 18.6 Å². The Hall–Kier alpha value is -1.59. The van der Waals surface area contributed by atoms with Crippen LogP contribution in [0, 0.1) is 5.92 Å². The molecule has 1 heterocycles. The van der Waals surface area contributed by atoms with Gasteiger partial charge in [0.05, 0.1) is 0 Å². The van der Waals surface area contributed by atoms with Crippen molar-refractivity contribution in [1.82, 2.24) is 4.90 Å². The van der Waals surface area contributed by atoms with Crippen molar-refractivity contribution in [1.29, 1.82) is 0 Å². The second kappa shape index (κ2) is 8.89. The highest BCUT2D eigenvalue weighted by atomic mass is 16.5. The first-order valence-corrected chi connectivity index (χ1v) is 8.39. The van der Waals surface area contributed by atoms with Gasteiger partial charge in [-0.3, -0.25) is 4.79 Å². The minimum Gasteiger partial charge on any atom is -0.396 e. The van der Waals surface area contributed by atoms with Crippen LogP contribution in [-0.4, -0.2) is 55.4 Å². The molecule has 1 fully saturated rings. The Kier molecular flexibility index (Phi) is 6.86. The van der Waals surface area contributed by atoms with Gasteiger partial charge in [0.25, 0.3) is 5.91 Å². The number of aliphatic hydroxyl groups excluding tert-OH is 1. The summed E-state index contributed by atoms with van der Waals surface area (Å²) in [7, 11) is 1.70. The summed E-state index contributed by atoms with van der Waals surface area (Å²) in [5.41, 5.74) is 1.68. The molecular weight excluding hydrogens is 292 g/mol. The van der Waals surface area contributed by atoms with E-state index in [-0.39, 0.29) is 12.5 Å². The highest BCUT2D eigenvalue weighted by Crippen LogP contribution is 2.20. The zero-order valence-electron chi connectivity index (χ0n) is 14.1. The van der Waals surface area contributed by atoms with Crippen molar-refractivity contribution in [3.8, 4) is 0 Å². The van der Waals surface area contributed by atoms with Gasteiger partial charge in [-0.15, -0.1) is 0 Å². The Labute approximate surface area is 138 Å². The number of nitrogens with zero attached hydrogens (tertiary/aromatic N) is 1. The van der Waals surface area contributed by atoms with Crippen LogP contribution in [-0.2, 0) is 4.74 Å². The fraction of sp³-hybridized carbons (Fsp3) is 0.611. The summed E-state index contributed by atoms with van der Waals surface area (Å²) in [5.74, 6) is 0.420. The van der Waals surface area contributed by atoms with E-state index in [1.54, 1.807) is 7.11 Å². The topological polar surface area (TPSA) is 61.8 Å². The van der Waals surface area contributed by atoms with Crippen LogP contribution in [0.3, 0.4) is 0 Å². The SMILES string of the molecule is COCCC(C)Nc1cccc(C(=O)N2CCC(CO)CC2)c1. The minimum absolute atomic E-state index is 0.0783. The molecule has 0 saturated carbocycles. The van der Waals surface area contributed by atoms with Crippen LogP contribution < -0.4 is 5.32 Å². The second-order valence-corrected chi connectivity index (χ2v) is 6.33. The Morgan fingerprint density at radius 1 is 1.43 bits per heavy atom. The Morgan fingerprint density at radius 3 is 2.83 bits per heavy atom. The van der Waals surface area contributed by atoms with Gasteiger partial charge in [0.1, 0.15) is 0 Å². The zero-order valence-corrected chi connectivity index (χ0v) is 14.1. The monoisotopic (exact) mass is 320 g/mol. The van der Waals surface area contributed by atoms with Crippen LogP contribution >= 0.6 is 0 Å². The molecule has 0 bridgehead atoms. The third-order valence-corrected chi connectivity index (χ3v) is 4.44. The number of rotatable bonds is 7. The minimum atomic E-state index is 0.0783. The van der Waals surface area contributed by atoms with Crippen molar-refractivity contribution in [2.24, 2.45) is 5.92 Å². The predicted molar refractivity (Wildman–Crippen MR) is 91.7 cm³/mol. The molecule has 0 radical (unpaired) electrons. The van der Waals surface area contributed by atoms with Crippen LogP contribution in [0.5, 0.6) is 0 Å². The van der Waals surface area contributed by atoms with E-state index >= 15 is 0 Å². The number of ether oxygens (including phenoxy) is 1. The molecule has 1 saturated heterocycles. The summed E-state index contributed by atoms with van der Waals surface area (Å²) in [6, 6.07) is 7.98. The van der Waals surface area contributed by atoms with Gasteiger partial charge in [0.15, 0.2) is 0 Å². The summed E-state index contributed by atoms with van der Waals surface area (Å²) < 4.78 is 5.09. The number of hydrogen-bond donors (Lipinski definition) is 2. The number of hydrogen-bond acceptors (Lipinski definition) is 4. The summed E-state index contributed by atoms with van der Waals surface area (Å²) >= 11 is 0. The predicted octanol–water partition coefficient (Wildman–Crippen LogP) is 2.37. The van der Waals surface area contributed by atoms with Gasteiger partial charge in [-0.2, -0.15) is 0 Å². The number of amides is 1. The van der Waals surface area contributed by atoms with E-state index in [4.69, 9.17) is 4.74 Å². The van der Waals surface area contributed by atoms with Gasteiger partial charge >= 0.3 is 0 Å². The number of methoxy groups -OCH3 is 1. The molecule has 1 unspecified atom stereocenters. The number of likely N-dealkylation sites (tertiary alicyclic amines) is 1. The molecule has 2 N–H and O–H groups in total. The Bertz CT molecular complexity index is 499. The maximum atomic E-state index is 12.6. The number of piperidine rings is 1. The summed E-state index contributed by atoms with van der Waals surface area (Å²) in [5, 5.41) is 12.6. The van der Waals surface area contributed by atoms with Crippen LogP contribution in [0.15, 0.2) is 24.3 Å². The van der Waals surface area contributed by atoms with E-state index in [0.717, 1.165) is 43.6 Å². The Balaban J connectivity index is 1.95. The molecule has 1 amide bonds. The van der Waals surface area contributed by atoms with E-state index in [9.17, 15) is 9.90 Å². The highest BCUT2D eigenvalue weighted by Gasteiger charge is 2.23. The normalized spacial score (nSPS) is 17.1. The van der Waals surface area contributed by atoms with Gasteiger partial charge in [-0.05, 0) is 50.3 Å². The standard InChI is InChI=1S/C18H28N2O3/c1-14(8-11-23-2)19-17-5-3-4-16(12-17)18(22)20-9-6-15(13-21)7-10-20/h3-5,12,14-15,19,21H,6-11,13H2,1-2H3. The van der Waals surface area contributed by atoms with Crippen LogP contribution in [0.1, 0.15) is 36.5 Å². The summed E-state index contributed by atoms with van der Waals surface area (Å²) in [6.07, 6.45) is 2.69. The maximum absolute atomic E-state index is 12.6. The maximum Gasteiger partial charge on any atom is 0.253 e. The summed E-state index contributed by atoms with van der Waals surface area (Å²) in [4.78, 5) is 14.5. The fourth-order valence-electron chi connectivity index (χ4n) is 2.89.